The highest BCUT2D eigenvalue weighted by Crippen LogP contribution is 2.33. The maximum absolute atomic E-state index is 12.6. The minimum absolute atomic E-state index is 0.0196. The predicted molar refractivity (Wildman–Crippen MR) is 102 cm³/mol. The number of halogens is 4. The quantitative estimate of drug-likeness (QED) is 0.710. The molecule has 3 rings (SSSR count). The zero-order valence-corrected chi connectivity index (χ0v) is 15.8. The van der Waals surface area contributed by atoms with Crippen molar-refractivity contribution in [1.82, 2.24) is 4.90 Å². The average molecular weight is 428 g/mol. The summed E-state index contributed by atoms with van der Waals surface area (Å²) >= 11 is 6.34. The number of rotatable bonds is 2. The molecule has 3 N–H and O–H groups in total. The van der Waals surface area contributed by atoms with Gasteiger partial charge in [0.15, 0.2) is 0 Å². The van der Waals surface area contributed by atoms with Gasteiger partial charge in [-0.2, -0.15) is 23.2 Å². The summed E-state index contributed by atoms with van der Waals surface area (Å²) in [5.41, 5.74) is 6.19. The Morgan fingerprint density at radius 3 is 2.97 bits per heavy atom. The van der Waals surface area contributed by atoms with Crippen molar-refractivity contribution in [2.75, 3.05) is 25.1 Å². The van der Waals surface area contributed by atoms with Gasteiger partial charge in [0.05, 0.1) is 19.1 Å². The van der Waals surface area contributed by atoms with E-state index in [-0.39, 0.29) is 18.3 Å². The topological polar surface area (TPSA) is 92.3 Å². The van der Waals surface area contributed by atoms with Gasteiger partial charge in [0.2, 0.25) is 5.96 Å². The van der Waals surface area contributed by atoms with E-state index >= 15 is 0 Å². The van der Waals surface area contributed by atoms with Gasteiger partial charge >= 0.3 is 12.1 Å². The molecular formula is C18H17ClF3N5O2. The summed E-state index contributed by atoms with van der Waals surface area (Å²) in [6.45, 7) is 1.27. The Balaban J connectivity index is 1.95. The molecule has 0 radical (unpaired) electrons. The van der Waals surface area contributed by atoms with Gasteiger partial charge in [0.25, 0.3) is 0 Å². The van der Waals surface area contributed by atoms with Crippen LogP contribution in [0.25, 0.3) is 0 Å². The number of carbonyl (C=O) groups excluding carboxylic acids is 1. The fourth-order valence-corrected chi connectivity index (χ4v) is 3.24. The monoisotopic (exact) mass is 427 g/mol. The second kappa shape index (κ2) is 8.71. The molecular weight excluding hydrogens is 411 g/mol. The van der Waals surface area contributed by atoms with Crippen molar-refractivity contribution in [3.05, 3.63) is 28.8 Å². The number of hydrogen-bond acceptors (Lipinski definition) is 6. The average Bonchev–Trinajstić information content (AvgIpc) is 3.02. The van der Waals surface area contributed by atoms with Gasteiger partial charge in [0.1, 0.15) is 5.84 Å². The van der Waals surface area contributed by atoms with Crippen LogP contribution in [0.3, 0.4) is 0 Å². The zero-order valence-electron chi connectivity index (χ0n) is 15.1. The maximum atomic E-state index is 12.6. The molecule has 2 heterocycles. The van der Waals surface area contributed by atoms with E-state index in [2.05, 4.69) is 21.9 Å². The molecule has 7 nitrogen and oxygen atoms in total. The van der Waals surface area contributed by atoms with E-state index in [1.165, 1.54) is 18.2 Å². The van der Waals surface area contributed by atoms with Crippen molar-refractivity contribution in [1.29, 1.82) is 0 Å². The van der Waals surface area contributed by atoms with Crippen molar-refractivity contribution in [3.8, 4) is 12.0 Å². The van der Waals surface area contributed by atoms with Crippen LogP contribution in [-0.4, -0.2) is 48.5 Å². The first-order valence-electron chi connectivity index (χ1n) is 8.66. The van der Waals surface area contributed by atoms with Crippen LogP contribution in [0.15, 0.2) is 28.2 Å². The van der Waals surface area contributed by atoms with Crippen molar-refractivity contribution in [3.63, 3.8) is 0 Å². The molecule has 0 saturated carbocycles. The summed E-state index contributed by atoms with van der Waals surface area (Å²) in [5, 5.41) is 2.16. The SMILES string of the molecule is NC1=NC#CCC(N2CCCOCC2c2cc(NC(=O)C(F)(F)F)ccc2Cl)=N1. The second-order valence-electron chi connectivity index (χ2n) is 6.29. The molecule has 2 aliphatic rings. The number of anilines is 1. The molecule has 0 bridgehead atoms. The number of alkyl halides is 3. The van der Waals surface area contributed by atoms with Gasteiger partial charge in [-0.25, -0.2) is 0 Å². The third kappa shape index (κ3) is 5.19. The van der Waals surface area contributed by atoms with Crippen molar-refractivity contribution >= 4 is 35.0 Å². The Kier molecular flexibility index (Phi) is 6.30. The highest BCUT2D eigenvalue weighted by Gasteiger charge is 2.39. The van der Waals surface area contributed by atoms with Gasteiger partial charge in [-0.3, -0.25) is 4.79 Å². The molecule has 154 valence electrons. The third-order valence-electron chi connectivity index (χ3n) is 4.28. The molecule has 1 aromatic carbocycles. The Hall–Kier alpha value is -2.77. The smallest absolute Gasteiger partial charge is 0.379 e. The fourth-order valence-electron chi connectivity index (χ4n) is 3.00. The molecule has 2 aliphatic heterocycles. The van der Waals surface area contributed by atoms with Crippen molar-refractivity contribution < 1.29 is 22.7 Å². The van der Waals surface area contributed by atoms with E-state index in [0.717, 1.165) is 0 Å². The number of nitrogens with one attached hydrogen (secondary N) is 1. The van der Waals surface area contributed by atoms with Crippen molar-refractivity contribution in [2.45, 2.75) is 25.1 Å². The van der Waals surface area contributed by atoms with Crippen molar-refractivity contribution in [2.24, 2.45) is 15.7 Å². The third-order valence-corrected chi connectivity index (χ3v) is 4.63. The second-order valence-corrected chi connectivity index (χ2v) is 6.70. The lowest BCUT2D eigenvalue weighted by Gasteiger charge is -2.32. The zero-order chi connectivity index (χ0) is 21.0. The summed E-state index contributed by atoms with van der Waals surface area (Å²) in [6, 6.07) is 6.22. The van der Waals surface area contributed by atoms with Gasteiger partial charge in [-0.1, -0.05) is 17.5 Å². The summed E-state index contributed by atoms with van der Waals surface area (Å²) in [5.74, 6) is 1.36. The molecule has 0 spiro atoms. The van der Waals surface area contributed by atoms with Crippen LogP contribution >= 0.6 is 11.6 Å². The minimum atomic E-state index is -5.00. The summed E-state index contributed by atoms with van der Waals surface area (Å²) in [4.78, 5) is 21.3. The van der Waals surface area contributed by atoms with Crippen LogP contribution in [-0.2, 0) is 9.53 Å². The summed E-state index contributed by atoms with van der Waals surface area (Å²) in [6.07, 6.45) is -4.01. The maximum Gasteiger partial charge on any atom is 0.471 e. The van der Waals surface area contributed by atoms with E-state index < -0.39 is 18.1 Å². The number of guanidine groups is 1. The Morgan fingerprint density at radius 1 is 1.41 bits per heavy atom. The fraction of sp³-hybridized carbons (Fsp3) is 0.389. The first kappa shape index (κ1) is 21.0. The number of nitrogens with two attached hydrogens (primary N) is 1. The molecule has 1 amide bonds. The Bertz CT molecular complexity index is 920. The van der Waals surface area contributed by atoms with Crippen LogP contribution in [0.2, 0.25) is 5.02 Å². The van der Waals surface area contributed by atoms with Gasteiger partial charge in [0, 0.05) is 29.9 Å². The standard InChI is InChI=1S/C18H17ClF3N5O2/c19-13-5-4-11(25-16(28)18(20,21)22)9-12(13)14-10-29-8-2-7-27(14)15-3-1-6-24-17(23)26-15/h4-5,9,14H,2-3,7-8,10H2,(H2,23,24)(H,25,28). The number of carbonyl (C=O) groups is 1. The predicted octanol–water partition coefficient (Wildman–Crippen LogP) is 2.68. The van der Waals surface area contributed by atoms with Crippen LogP contribution in [0.4, 0.5) is 18.9 Å². The first-order chi connectivity index (χ1) is 13.8. The van der Waals surface area contributed by atoms with Crippen LogP contribution in [0.5, 0.6) is 0 Å². The first-order valence-corrected chi connectivity index (χ1v) is 9.04. The van der Waals surface area contributed by atoms with Crippen LogP contribution in [0.1, 0.15) is 24.4 Å². The lowest BCUT2D eigenvalue weighted by atomic mass is 10.0. The lowest BCUT2D eigenvalue weighted by Crippen LogP contribution is -2.37. The minimum Gasteiger partial charge on any atom is -0.379 e. The molecule has 0 aliphatic carbocycles. The highest BCUT2D eigenvalue weighted by molar-refractivity contribution is 6.31. The van der Waals surface area contributed by atoms with E-state index in [0.29, 0.717) is 42.4 Å². The Morgan fingerprint density at radius 2 is 2.21 bits per heavy atom. The van der Waals surface area contributed by atoms with E-state index in [9.17, 15) is 18.0 Å². The number of amides is 1. The lowest BCUT2D eigenvalue weighted by molar-refractivity contribution is -0.167. The Labute approximate surface area is 169 Å². The molecule has 0 aromatic heterocycles. The number of aliphatic imine (C=N–C) groups is 2. The molecule has 11 heteroatoms. The van der Waals surface area contributed by atoms with Crippen LogP contribution in [0, 0.1) is 12.0 Å². The largest absolute Gasteiger partial charge is 0.471 e. The van der Waals surface area contributed by atoms with E-state index in [4.69, 9.17) is 22.1 Å². The molecule has 1 atom stereocenters. The summed E-state index contributed by atoms with van der Waals surface area (Å²) in [7, 11) is 0. The molecule has 1 aromatic rings. The number of nitrogens with zero attached hydrogens (tertiary/aromatic N) is 3. The van der Waals surface area contributed by atoms with E-state index in [1.807, 2.05) is 10.2 Å². The van der Waals surface area contributed by atoms with Gasteiger partial charge < -0.3 is 20.7 Å². The van der Waals surface area contributed by atoms with Gasteiger partial charge in [-0.05, 0) is 30.2 Å². The number of amidine groups is 1. The molecule has 1 unspecified atom stereocenters. The van der Waals surface area contributed by atoms with Crippen LogP contribution < -0.4 is 11.1 Å². The highest BCUT2D eigenvalue weighted by atomic mass is 35.5. The normalized spacial score (nSPS) is 19.9. The summed E-state index contributed by atoms with van der Waals surface area (Å²) < 4.78 is 43.4. The molecule has 1 fully saturated rings. The van der Waals surface area contributed by atoms with E-state index in [1.54, 1.807) is 0 Å². The van der Waals surface area contributed by atoms with Gasteiger partial charge in [-0.15, -0.1) is 0 Å². The molecule has 1 saturated heterocycles. The number of hydrogen-bond donors (Lipinski definition) is 2. The number of benzene rings is 1. The number of ether oxygens (including phenoxy) is 1. The molecule has 29 heavy (non-hydrogen) atoms.